The van der Waals surface area contributed by atoms with Crippen LogP contribution in [-0.4, -0.2) is 20.3 Å². The van der Waals surface area contributed by atoms with Gasteiger partial charge < -0.3 is 5.32 Å². The molecular weight excluding hydrogens is 324 g/mol. The number of nitrogens with zero attached hydrogens (tertiary/aromatic N) is 3. The van der Waals surface area contributed by atoms with Crippen LogP contribution in [0.25, 0.3) is 23.1 Å². The van der Waals surface area contributed by atoms with E-state index >= 15 is 0 Å². The van der Waals surface area contributed by atoms with Gasteiger partial charge in [-0.1, -0.05) is 60.7 Å². The summed E-state index contributed by atoms with van der Waals surface area (Å²) in [5, 5.41) is 2.94. The van der Waals surface area contributed by atoms with E-state index in [1.807, 2.05) is 66.9 Å². The Balaban J connectivity index is 1.69. The number of fused-ring (bicyclic) bond motifs is 1. The first-order valence-electron chi connectivity index (χ1n) is 8.24. The number of nitrogens with one attached hydrogen (secondary N) is 1. The van der Waals surface area contributed by atoms with Gasteiger partial charge in [0, 0.05) is 24.0 Å². The third-order valence-electron chi connectivity index (χ3n) is 3.92. The highest BCUT2D eigenvalue weighted by molar-refractivity contribution is 6.03. The summed E-state index contributed by atoms with van der Waals surface area (Å²) < 4.78 is 1.77. The van der Waals surface area contributed by atoms with E-state index in [1.54, 1.807) is 22.7 Å². The number of hydrogen-bond donors (Lipinski definition) is 1. The van der Waals surface area contributed by atoms with Gasteiger partial charge in [0.05, 0.1) is 0 Å². The van der Waals surface area contributed by atoms with Crippen molar-refractivity contribution in [3.05, 3.63) is 90.8 Å². The molecule has 126 valence electrons. The van der Waals surface area contributed by atoms with Gasteiger partial charge in [-0.25, -0.2) is 9.97 Å². The van der Waals surface area contributed by atoms with E-state index in [0.717, 1.165) is 11.1 Å². The highest BCUT2D eigenvalue weighted by Crippen LogP contribution is 2.27. The summed E-state index contributed by atoms with van der Waals surface area (Å²) in [6.45, 7) is 0. The number of carbonyl (C=O) groups excluding carboxylic acids is 1. The van der Waals surface area contributed by atoms with Gasteiger partial charge >= 0.3 is 0 Å². The van der Waals surface area contributed by atoms with Gasteiger partial charge in [0.1, 0.15) is 11.5 Å². The third-order valence-corrected chi connectivity index (χ3v) is 3.92. The van der Waals surface area contributed by atoms with Crippen molar-refractivity contribution >= 4 is 23.6 Å². The molecule has 2 aromatic carbocycles. The first-order valence-corrected chi connectivity index (χ1v) is 8.24. The first-order chi connectivity index (χ1) is 12.8. The number of rotatable bonds is 4. The fraction of sp³-hybridized carbons (Fsp3) is 0. The summed E-state index contributed by atoms with van der Waals surface area (Å²) >= 11 is 0. The van der Waals surface area contributed by atoms with Crippen LogP contribution < -0.4 is 5.32 Å². The minimum absolute atomic E-state index is 0.225. The molecule has 0 saturated heterocycles. The van der Waals surface area contributed by atoms with E-state index in [0.29, 0.717) is 17.3 Å². The first kappa shape index (κ1) is 15.8. The van der Waals surface area contributed by atoms with E-state index in [-0.39, 0.29) is 5.91 Å². The van der Waals surface area contributed by atoms with Crippen LogP contribution in [0, 0.1) is 0 Å². The lowest BCUT2D eigenvalue weighted by atomic mass is 10.1. The van der Waals surface area contributed by atoms with Crippen molar-refractivity contribution in [3.8, 4) is 11.3 Å². The van der Waals surface area contributed by atoms with Crippen LogP contribution >= 0.6 is 0 Å². The molecule has 26 heavy (non-hydrogen) atoms. The number of hydrogen-bond acceptors (Lipinski definition) is 3. The van der Waals surface area contributed by atoms with Gasteiger partial charge in [-0.05, 0) is 17.7 Å². The number of benzene rings is 2. The predicted octanol–water partition coefficient (Wildman–Crippen LogP) is 4.05. The Bertz CT molecular complexity index is 1070. The molecule has 1 N–H and O–H groups in total. The molecule has 5 nitrogen and oxygen atoms in total. The Labute approximate surface area is 150 Å². The molecule has 5 heteroatoms. The Hall–Kier alpha value is -3.73. The standard InChI is InChI=1S/C21H16N4O/c26-18(13-12-16-8-3-1-4-9-16)23-20-19(17-10-5-2-6-11-17)24-21-22-14-7-15-25(20)21/h1-15H,(H,23,26)/b13-12+. The molecular formula is C21H16N4O. The van der Waals surface area contributed by atoms with Crippen LogP contribution in [0.4, 0.5) is 5.82 Å². The van der Waals surface area contributed by atoms with E-state index in [1.165, 1.54) is 6.08 Å². The monoisotopic (exact) mass is 340 g/mol. The molecule has 0 fully saturated rings. The average molecular weight is 340 g/mol. The van der Waals surface area contributed by atoms with Crippen molar-refractivity contribution in [2.24, 2.45) is 0 Å². The second-order valence-corrected chi connectivity index (χ2v) is 5.70. The summed E-state index contributed by atoms with van der Waals surface area (Å²) in [6.07, 6.45) is 6.80. The topological polar surface area (TPSA) is 59.3 Å². The van der Waals surface area contributed by atoms with E-state index < -0.39 is 0 Å². The Kier molecular flexibility index (Phi) is 4.26. The Morgan fingerprint density at radius 2 is 1.69 bits per heavy atom. The molecule has 1 amide bonds. The molecule has 0 radical (unpaired) electrons. The lowest BCUT2D eigenvalue weighted by Crippen LogP contribution is -2.10. The summed E-state index contributed by atoms with van der Waals surface area (Å²) in [5.74, 6) is 0.910. The Morgan fingerprint density at radius 1 is 0.962 bits per heavy atom. The zero-order chi connectivity index (χ0) is 17.8. The Morgan fingerprint density at radius 3 is 2.46 bits per heavy atom. The van der Waals surface area contributed by atoms with Crippen LogP contribution in [0.2, 0.25) is 0 Å². The average Bonchev–Trinajstić information content (AvgIpc) is 3.06. The van der Waals surface area contributed by atoms with E-state index in [4.69, 9.17) is 0 Å². The van der Waals surface area contributed by atoms with Crippen LogP contribution in [0.1, 0.15) is 5.56 Å². The highest BCUT2D eigenvalue weighted by atomic mass is 16.1. The van der Waals surface area contributed by atoms with Crippen LogP contribution in [0.5, 0.6) is 0 Å². The second-order valence-electron chi connectivity index (χ2n) is 5.70. The lowest BCUT2D eigenvalue weighted by molar-refractivity contribution is -0.111. The van der Waals surface area contributed by atoms with Gasteiger partial charge in [0.25, 0.3) is 0 Å². The zero-order valence-electron chi connectivity index (χ0n) is 13.9. The maximum atomic E-state index is 12.5. The van der Waals surface area contributed by atoms with Crippen molar-refractivity contribution in [1.29, 1.82) is 0 Å². The minimum Gasteiger partial charge on any atom is -0.306 e. The molecule has 4 rings (SSSR count). The SMILES string of the molecule is O=C(/C=C/c1ccccc1)Nc1c(-c2ccccc2)nc2ncccn12. The third kappa shape index (κ3) is 3.23. The largest absolute Gasteiger partial charge is 0.306 e. The molecule has 2 heterocycles. The molecule has 2 aromatic heterocycles. The lowest BCUT2D eigenvalue weighted by Gasteiger charge is -2.05. The smallest absolute Gasteiger partial charge is 0.249 e. The molecule has 0 spiro atoms. The maximum Gasteiger partial charge on any atom is 0.249 e. The van der Waals surface area contributed by atoms with Gasteiger partial charge in [0.2, 0.25) is 11.7 Å². The molecule has 0 aliphatic rings. The molecule has 0 bridgehead atoms. The molecule has 0 unspecified atom stereocenters. The van der Waals surface area contributed by atoms with Crippen LogP contribution in [-0.2, 0) is 4.79 Å². The molecule has 0 saturated carbocycles. The maximum absolute atomic E-state index is 12.5. The highest BCUT2D eigenvalue weighted by Gasteiger charge is 2.15. The van der Waals surface area contributed by atoms with E-state index in [9.17, 15) is 4.79 Å². The molecule has 0 aliphatic heterocycles. The van der Waals surface area contributed by atoms with Crippen molar-refractivity contribution < 1.29 is 4.79 Å². The summed E-state index contributed by atoms with van der Waals surface area (Å²) in [4.78, 5) is 21.3. The van der Waals surface area contributed by atoms with Gasteiger partial charge in [-0.15, -0.1) is 0 Å². The predicted molar refractivity (Wildman–Crippen MR) is 103 cm³/mol. The zero-order valence-corrected chi connectivity index (χ0v) is 13.9. The van der Waals surface area contributed by atoms with Crippen molar-refractivity contribution in [2.75, 3.05) is 5.32 Å². The minimum atomic E-state index is -0.225. The van der Waals surface area contributed by atoms with Gasteiger partial charge in [-0.3, -0.25) is 9.20 Å². The molecule has 0 atom stereocenters. The molecule has 4 aromatic rings. The fourth-order valence-electron chi connectivity index (χ4n) is 2.70. The van der Waals surface area contributed by atoms with Crippen molar-refractivity contribution in [3.63, 3.8) is 0 Å². The number of aromatic nitrogens is 3. The number of imidazole rings is 1. The number of amides is 1. The van der Waals surface area contributed by atoms with Crippen LogP contribution in [0.15, 0.2) is 85.2 Å². The van der Waals surface area contributed by atoms with Gasteiger partial charge in [-0.2, -0.15) is 0 Å². The fourth-order valence-corrected chi connectivity index (χ4v) is 2.70. The van der Waals surface area contributed by atoms with Crippen molar-refractivity contribution in [2.45, 2.75) is 0 Å². The summed E-state index contributed by atoms with van der Waals surface area (Å²) in [6, 6.07) is 21.2. The van der Waals surface area contributed by atoms with Crippen molar-refractivity contribution in [1.82, 2.24) is 14.4 Å². The number of anilines is 1. The quantitative estimate of drug-likeness (QED) is 0.570. The van der Waals surface area contributed by atoms with Crippen LogP contribution in [0.3, 0.4) is 0 Å². The summed E-state index contributed by atoms with van der Waals surface area (Å²) in [7, 11) is 0. The molecule has 0 aliphatic carbocycles. The normalized spacial score (nSPS) is 11.1. The number of carbonyl (C=O) groups is 1. The van der Waals surface area contributed by atoms with Gasteiger partial charge in [0.15, 0.2) is 0 Å². The van der Waals surface area contributed by atoms with E-state index in [2.05, 4.69) is 15.3 Å². The second kappa shape index (κ2) is 7.03. The summed E-state index contributed by atoms with van der Waals surface area (Å²) in [5.41, 5.74) is 2.57.